The first-order valence-electron chi connectivity index (χ1n) is 0. The summed E-state index contributed by atoms with van der Waals surface area (Å²) in [6.07, 6.45) is 0. The van der Waals surface area contributed by atoms with Crippen molar-refractivity contribution in [2.75, 3.05) is 0 Å². The molecule has 0 bridgehead atoms. The van der Waals surface area contributed by atoms with Crippen LogP contribution in [0.15, 0.2) is 0 Å². The highest BCUT2D eigenvalue weighted by Gasteiger charge is -0.0166. The van der Waals surface area contributed by atoms with E-state index in [4.69, 9.17) is 0 Å². The summed E-state index contributed by atoms with van der Waals surface area (Å²) >= 11 is 0. The third-order valence-corrected chi connectivity index (χ3v) is 0. The van der Waals surface area contributed by atoms with Crippen LogP contribution in [0.2, 0.25) is 0 Å². The van der Waals surface area contributed by atoms with E-state index in [-0.39, 0.29) is 460 Å². The second kappa shape index (κ2) is 0. The second-order valence-electron chi connectivity index (χ2n) is 0. The van der Waals surface area contributed by atoms with Gasteiger partial charge in [-0.05, 0) is 0 Å². The minimum absolute atomic E-state index is 0. The largest absolute Gasteiger partial charge is 0.0776 e. The summed E-state index contributed by atoms with van der Waals surface area (Å²) in [4.78, 5) is 0. The second-order valence-corrected chi connectivity index (χ2v) is 0. The molecule has 0 unspecified atom stereocenters. The van der Waals surface area contributed by atoms with Gasteiger partial charge in [-0.25, -0.2) is 0 Å². The van der Waals surface area contributed by atoms with Gasteiger partial charge in [-0.1, -0.05) is 460 Å². The van der Waals surface area contributed by atoms with Crippen LogP contribution in [0.1, 0.15) is 460 Å². The molecule has 0 rings (SSSR count). The van der Waals surface area contributed by atoms with Crippen molar-refractivity contribution in [3.63, 3.8) is 0 Å². The molecular weight excluding hydrogens is 745 g/mol. The standard InChI is InChI=1S/62CH4/h62*1H4. The fourth-order valence-corrected chi connectivity index (χ4v) is 0. The van der Waals surface area contributed by atoms with Crippen LogP contribution in [0.5, 0.6) is 0 Å². The van der Waals surface area contributed by atoms with Gasteiger partial charge in [-0.15, -0.1) is 0 Å². The molecule has 0 aromatic heterocycles. The number of hydrogen-bond acceptors (Lipinski definition) is 0. The molecule has 0 aromatic carbocycles. The third-order valence-electron chi connectivity index (χ3n) is 0. The van der Waals surface area contributed by atoms with Gasteiger partial charge in [-0.2, -0.15) is 0 Å². The predicted molar refractivity (Wildman–Crippen MR) is 417 cm³/mol. The fraction of sp³-hybridized carbons (Fsp3) is 1.00. The molecule has 62 heavy (non-hydrogen) atoms. The van der Waals surface area contributed by atoms with Crippen molar-refractivity contribution in [2.24, 2.45) is 0 Å². The van der Waals surface area contributed by atoms with E-state index in [2.05, 4.69) is 0 Å². The van der Waals surface area contributed by atoms with Gasteiger partial charge in [0.25, 0.3) is 0 Å². The molecule has 0 amide bonds. The lowest BCUT2D eigenvalue weighted by Gasteiger charge is -0.0786. The van der Waals surface area contributed by atoms with E-state index in [1.807, 2.05) is 0 Å². The predicted octanol–water partition coefficient (Wildman–Crippen LogP) is 39.4. The van der Waals surface area contributed by atoms with E-state index < -0.39 is 0 Å². The molecule has 0 nitrogen and oxygen atoms in total. The maximum absolute atomic E-state index is 0. The number of rotatable bonds is 0. The molecule has 0 aliphatic rings. The molecule has 0 heteroatoms. The molecule has 0 aliphatic heterocycles. The van der Waals surface area contributed by atoms with Crippen molar-refractivity contribution in [2.45, 2.75) is 460 Å². The van der Waals surface area contributed by atoms with Crippen LogP contribution in [-0.4, -0.2) is 0 Å². The monoisotopic (exact) mass is 994 g/mol. The molecule has 0 aliphatic carbocycles. The van der Waals surface area contributed by atoms with Crippen LogP contribution in [0, 0.1) is 0 Å². The Labute approximate surface area is 458 Å². The van der Waals surface area contributed by atoms with Gasteiger partial charge in [-0.3, -0.25) is 0 Å². The Kier molecular flexibility index (Phi) is 0. The number of hydrogen-bond donors (Lipinski definition) is 0. The zero-order valence-corrected chi connectivity index (χ0v) is 0. The van der Waals surface area contributed by atoms with Gasteiger partial charge < -0.3 is 0 Å². The third kappa shape index (κ3) is 0. The van der Waals surface area contributed by atoms with Crippen molar-refractivity contribution in [1.82, 2.24) is 0 Å². The summed E-state index contributed by atoms with van der Waals surface area (Å²) in [5.74, 6) is 0. The van der Waals surface area contributed by atoms with Gasteiger partial charge in [0.1, 0.15) is 0 Å². The molecule has 0 saturated heterocycles. The smallest absolute Gasteiger partial charge is 0.0776 e. The van der Waals surface area contributed by atoms with E-state index in [1.165, 1.54) is 0 Å². The lowest BCUT2D eigenvalue weighted by atomic mass is 12.0. The summed E-state index contributed by atoms with van der Waals surface area (Å²) in [5.41, 5.74) is 0. The fourth-order valence-electron chi connectivity index (χ4n) is 0. The van der Waals surface area contributed by atoms with Crippen LogP contribution >= 0.6 is 0 Å². The highest BCUT2D eigenvalue weighted by molar-refractivity contribution is 2.56. The molecule has 496 valence electrons. The summed E-state index contributed by atoms with van der Waals surface area (Å²) in [7, 11) is 0. The van der Waals surface area contributed by atoms with E-state index >= 15 is 0 Å². The zero-order valence-electron chi connectivity index (χ0n) is 0. The topological polar surface area (TPSA) is 0 Å². The molecule has 0 fully saturated rings. The Morgan fingerprint density at radius 1 is 0.0161 bits per heavy atom. The normalized spacial score (nSPS) is 0. The lowest BCUT2D eigenvalue weighted by molar-refractivity contribution is 2.50. The molecule has 0 atom stereocenters. The Bertz CT molecular complexity index is 0. The van der Waals surface area contributed by atoms with Crippen molar-refractivity contribution in [3.8, 4) is 0 Å². The first-order valence-corrected chi connectivity index (χ1v) is 0. The Morgan fingerprint density at radius 2 is 0.0161 bits per heavy atom. The maximum atomic E-state index is 0. The van der Waals surface area contributed by atoms with E-state index in [0.717, 1.165) is 0 Å². The quantitative estimate of drug-likeness (QED) is 0.227. The highest BCUT2D eigenvalue weighted by Crippen LogP contribution is 0.205. The summed E-state index contributed by atoms with van der Waals surface area (Å²) in [6.45, 7) is 0. The first-order chi connectivity index (χ1) is 0. The lowest BCUT2D eigenvalue weighted by Crippen LogP contribution is 0.143. The summed E-state index contributed by atoms with van der Waals surface area (Å²) in [5, 5.41) is 0. The molecule has 0 saturated carbocycles. The van der Waals surface area contributed by atoms with Gasteiger partial charge in [0, 0.05) is 0 Å². The summed E-state index contributed by atoms with van der Waals surface area (Å²) < 4.78 is 0. The molecule has 0 N–H and O–H groups in total. The zero-order chi connectivity index (χ0) is 0. The first kappa shape index (κ1) is 0. The average Bonchev–Trinajstić information content (AvgIpc) is 0. The minimum atomic E-state index is 0. The van der Waals surface area contributed by atoms with Gasteiger partial charge in [0.2, 0.25) is 0 Å². The van der Waals surface area contributed by atoms with Crippen molar-refractivity contribution in [1.29, 1.82) is 0 Å². The van der Waals surface area contributed by atoms with Gasteiger partial charge in [0.05, 0.1) is 0 Å². The minimum Gasteiger partial charge on any atom is -0.0776 e. The molecule has 0 aromatic rings. The molecule has 0 spiro atoms. The van der Waals surface area contributed by atoms with E-state index in [9.17, 15) is 0 Å². The highest BCUT2D eigenvalue weighted by atomic mass is 12.1. The van der Waals surface area contributed by atoms with Crippen molar-refractivity contribution >= 4 is 0 Å². The Balaban J connectivity index is 0. The van der Waals surface area contributed by atoms with E-state index in [1.54, 1.807) is 0 Å². The van der Waals surface area contributed by atoms with Gasteiger partial charge >= 0.3 is 0 Å². The van der Waals surface area contributed by atoms with E-state index in [0.29, 0.717) is 0 Å². The molecule has 0 heterocycles. The molecule has 0 radical (unpaired) electrons. The SMILES string of the molecule is C.C.C.C.C.C.C.C.C.C.C.C.C.C.C.C.C.C.C.C.C.C.C.C.C.C.C.C.C.C.C.C.C.C.C.C.C.C.C.C.C.C.C.C.C.C.C.C.C.C.C.C.C.C.C.C.C.C.C.C.C.C. The van der Waals surface area contributed by atoms with Crippen molar-refractivity contribution < 1.29 is 0 Å². The van der Waals surface area contributed by atoms with Crippen LogP contribution in [0.4, 0.5) is 0 Å². The van der Waals surface area contributed by atoms with Crippen LogP contribution < -0.4 is 0 Å². The Hall–Kier alpha value is 0. The summed E-state index contributed by atoms with van der Waals surface area (Å²) in [6, 6.07) is 0. The van der Waals surface area contributed by atoms with Gasteiger partial charge in [0.15, 0.2) is 0 Å². The molecular formula is C62H248. The van der Waals surface area contributed by atoms with Crippen molar-refractivity contribution in [3.05, 3.63) is 0 Å². The Morgan fingerprint density at radius 3 is 0.0161 bits per heavy atom. The van der Waals surface area contributed by atoms with Crippen LogP contribution in [0.25, 0.3) is 0 Å². The van der Waals surface area contributed by atoms with Crippen LogP contribution in [0.3, 0.4) is 0 Å². The maximum Gasteiger partial charge on any atom is -0.0776 e. The van der Waals surface area contributed by atoms with Crippen LogP contribution in [-0.2, 0) is 0 Å². The average molecular weight is 995 g/mol.